The molecule has 0 atom stereocenters. The van der Waals surface area contributed by atoms with Gasteiger partial charge in [0, 0.05) is 10.6 Å². The van der Waals surface area contributed by atoms with Crippen molar-refractivity contribution in [1.82, 2.24) is 10.2 Å². The molecule has 78 valence electrons. The minimum atomic E-state index is -0.267. The van der Waals surface area contributed by atoms with E-state index in [2.05, 4.69) is 10.2 Å². The van der Waals surface area contributed by atoms with Crippen molar-refractivity contribution >= 4 is 51.4 Å². The molecule has 0 fully saturated rings. The molecule has 0 radical (unpaired) electrons. The van der Waals surface area contributed by atoms with Gasteiger partial charge in [-0.2, -0.15) is 0 Å². The second-order valence-corrected chi connectivity index (χ2v) is 5.90. The van der Waals surface area contributed by atoms with Crippen molar-refractivity contribution in [2.24, 2.45) is 0 Å². The molecule has 0 spiro atoms. The van der Waals surface area contributed by atoms with Crippen molar-refractivity contribution in [1.29, 1.82) is 0 Å². The maximum absolute atomic E-state index is 13.3. The number of hydrogen-bond acceptors (Lipinski definition) is 5. The van der Waals surface area contributed by atoms with E-state index in [1.165, 1.54) is 29.2 Å². The molecule has 0 aliphatic heterocycles. The van der Waals surface area contributed by atoms with E-state index in [1.54, 1.807) is 11.6 Å². The second-order valence-electron chi connectivity index (χ2n) is 2.61. The zero-order valence-electron chi connectivity index (χ0n) is 7.28. The van der Waals surface area contributed by atoms with Crippen molar-refractivity contribution in [2.75, 3.05) is 5.73 Å². The average Bonchev–Trinajstić information content (AvgIpc) is 2.67. The van der Waals surface area contributed by atoms with Crippen LogP contribution in [0.4, 0.5) is 10.1 Å². The Bertz CT molecular complexity index is 475. The summed E-state index contributed by atoms with van der Waals surface area (Å²) >= 11 is 4.62. The highest BCUT2D eigenvalue weighted by molar-refractivity contribution is 14.1. The van der Waals surface area contributed by atoms with Gasteiger partial charge in [-0.1, -0.05) is 23.1 Å². The highest BCUT2D eigenvalue weighted by Gasteiger charge is 2.08. The highest BCUT2D eigenvalue weighted by Crippen LogP contribution is 2.34. The molecule has 0 amide bonds. The first-order valence-corrected chi connectivity index (χ1v) is 6.63. The molecular formula is C8H5FIN3S2. The topological polar surface area (TPSA) is 51.8 Å². The van der Waals surface area contributed by atoms with Crippen LogP contribution in [0, 0.1) is 9.39 Å². The lowest BCUT2D eigenvalue weighted by atomic mass is 10.3. The fourth-order valence-corrected chi connectivity index (χ4v) is 2.91. The molecule has 1 aromatic heterocycles. The van der Waals surface area contributed by atoms with Gasteiger partial charge < -0.3 is 5.73 Å². The Morgan fingerprint density at radius 1 is 1.47 bits per heavy atom. The lowest BCUT2D eigenvalue weighted by Crippen LogP contribution is -1.92. The third kappa shape index (κ3) is 2.58. The van der Waals surface area contributed by atoms with E-state index in [1.807, 2.05) is 22.6 Å². The van der Waals surface area contributed by atoms with E-state index in [0.717, 1.165) is 4.34 Å². The number of rotatable bonds is 2. The van der Waals surface area contributed by atoms with E-state index >= 15 is 0 Å². The van der Waals surface area contributed by atoms with Crippen LogP contribution in [-0.4, -0.2) is 10.2 Å². The average molecular weight is 353 g/mol. The Balaban J connectivity index is 2.33. The molecule has 0 aliphatic carbocycles. The summed E-state index contributed by atoms with van der Waals surface area (Å²) in [5.41, 5.74) is 7.95. The Kier molecular flexibility index (Phi) is 3.42. The standard InChI is InChI=1S/C8H5FIN3S2/c9-4-1-7(6(11)2-5(4)10)15-8-13-12-3-14-8/h1-3H,11H2. The maximum atomic E-state index is 13.3. The summed E-state index contributed by atoms with van der Waals surface area (Å²) in [5, 5.41) is 7.56. The molecular weight excluding hydrogens is 348 g/mol. The lowest BCUT2D eigenvalue weighted by Gasteiger charge is -2.04. The van der Waals surface area contributed by atoms with Gasteiger partial charge >= 0.3 is 0 Å². The third-order valence-electron chi connectivity index (χ3n) is 1.59. The van der Waals surface area contributed by atoms with Crippen LogP contribution in [0.3, 0.4) is 0 Å². The molecule has 0 unspecified atom stereocenters. The summed E-state index contributed by atoms with van der Waals surface area (Å²) in [5.74, 6) is -0.267. The van der Waals surface area contributed by atoms with Gasteiger partial charge in [-0.15, -0.1) is 10.2 Å². The molecule has 7 heteroatoms. The van der Waals surface area contributed by atoms with Crippen LogP contribution in [0.15, 0.2) is 26.9 Å². The van der Waals surface area contributed by atoms with E-state index in [0.29, 0.717) is 14.2 Å². The number of hydrogen-bond donors (Lipinski definition) is 1. The summed E-state index contributed by atoms with van der Waals surface area (Å²) in [7, 11) is 0. The molecule has 0 saturated carbocycles. The summed E-state index contributed by atoms with van der Waals surface area (Å²) in [4.78, 5) is 0.671. The van der Waals surface area contributed by atoms with Crippen LogP contribution in [0.25, 0.3) is 0 Å². The van der Waals surface area contributed by atoms with Gasteiger partial charge in [0.1, 0.15) is 11.3 Å². The minimum absolute atomic E-state index is 0.267. The van der Waals surface area contributed by atoms with Crippen LogP contribution >= 0.6 is 45.7 Å². The van der Waals surface area contributed by atoms with Crippen molar-refractivity contribution in [2.45, 2.75) is 9.24 Å². The van der Waals surface area contributed by atoms with E-state index in [4.69, 9.17) is 5.73 Å². The number of aromatic nitrogens is 2. The first kappa shape index (κ1) is 11.1. The molecule has 1 aromatic carbocycles. The Hall–Kier alpha value is -0.410. The molecule has 2 aromatic rings. The van der Waals surface area contributed by atoms with Gasteiger partial charge in [-0.25, -0.2) is 4.39 Å². The van der Waals surface area contributed by atoms with Gasteiger partial charge in [-0.3, -0.25) is 0 Å². The monoisotopic (exact) mass is 353 g/mol. The number of nitrogens with two attached hydrogens (primary N) is 1. The molecule has 2 N–H and O–H groups in total. The maximum Gasteiger partial charge on any atom is 0.178 e. The third-order valence-corrected chi connectivity index (χ3v) is 4.27. The van der Waals surface area contributed by atoms with Gasteiger partial charge in [0.25, 0.3) is 0 Å². The van der Waals surface area contributed by atoms with Crippen molar-refractivity contribution < 1.29 is 4.39 Å². The normalized spacial score (nSPS) is 10.5. The Morgan fingerprint density at radius 3 is 2.93 bits per heavy atom. The first-order chi connectivity index (χ1) is 7.16. The SMILES string of the molecule is Nc1cc(I)c(F)cc1Sc1nncs1. The van der Waals surface area contributed by atoms with Crippen LogP contribution in [0.1, 0.15) is 0 Å². The van der Waals surface area contributed by atoms with Gasteiger partial charge in [0.05, 0.1) is 3.57 Å². The minimum Gasteiger partial charge on any atom is -0.398 e. The van der Waals surface area contributed by atoms with Crippen LogP contribution < -0.4 is 5.73 Å². The molecule has 3 nitrogen and oxygen atoms in total. The predicted molar refractivity (Wildman–Crippen MR) is 67.6 cm³/mol. The number of nitrogens with zero attached hydrogens (tertiary/aromatic N) is 2. The van der Waals surface area contributed by atoms with Crippen molar-refractivity contribution in [3.8, 4) is 0 Å². The number of halogens is 2. The van der Waals surface area contributed by atoms with E-state index in [-0.39, 0.29) is 5.82 Å². The van der Waals surface area contributed by atoms with Crippen molar-refractivity contribution in [3.05, 3.63) is 27.0 Å². The van der Waals surface area contributed by atoms with Crippen molar-refractivity contribution in [3.63, 3.8) is 0 Å². The first-order valence-electron chi connectivity index (χ1n) is 3.85. The zero-order valence-corrected chi connectivity index (χ0v) is 11.1. The van der Waals surface area contributed by atoms with E-state index in [9.17, 15) is 4.39 Å². The zero-order chi connectivity index (χ0) is 10.8. The molecule has 0 bridgehead atoms. The van der Waals surface area contributed by atoms with Gasteiger partial charge in [-0.05, 0) is 34.7 Å². The highest BCUT2D eigenvalue weighted by atomic mass is 127. The van der Waals surface area contributed by atoms with Crippen LogP contribution in [-0.2, 0) is 0 Å². The molecule has 0 saturated heterocycles. The largest absolute Gasteiger partial charge is 0.398 e. The number of nitrogen functional groups attached to an aromatic ring is 1. The summed E-state index contributed by atoms with van der Waals surface area (Å²) < 4.78 is 14.6. The van der Waals surface area contributed by atoms with Gasteiger partial charge in [0.2, 0.25) is 0 Å². The van der Waals surface area contributed by atoms with E-state index < -0.39 is 0 Å². The molecule has 15 heavy (non-hydrogen) atoms. The number of benzene rings is 1. The van der Waals surface area contributed by atoms with Crippen LogP contribution in [0.2, 0.25) is 0 Å². The van der Waals surface area contributed by atoms with Gasteiger partial charge in [0.15, 0.2) is 4.34 Å². The summed E-state index contributed by atoms with van der Waals surface area (Å²) in [6, 6.07) is 3.03. The fraction of sp³-hybridized carbons (Fsp3) is 0. The Labute approximate surface area is 107 Å². The molecule has 0 aliphatic rings. The predicted octanol–water partition coefficient (Wildman–Crippen LogP) is 3.02. The quantitative estimate of drug-likeness (QED) is 0.666. The summed E-state index contributed by atoms with van der Waals surface area (Å²) in [6.07, 6.45) is 0. The lowest BCUT2D eigenvalue weighted by molar-refractivity contribution is 0.617. The fourth-order valence-electron chi connectivity index (χ4n) is 0.934. The summed E-state index contributed by atoms with van der Waals surface area (Å²) in [6.45, 7) is 0. The Morgan fingerprint density at radius 2 is 2.27 bits per heavy atom. The van der Waals surface area contributed by atoms with Crippen LogP contribution in [0.5, 0.6) is 0 Å². The molecule has 2 rings (SSSR count). The second kappa shape index (κ2) is 4.62. The number of anilines is 1. The molecule has 1 heterocycles. The smallest absolute Gasteiger partial charge is 0.178 e.